The molecule has 56 valence electrons. The fourth-order valence-electron chi connectivity index (χ4n) is 0.313. The Morgan fingerprint density at radius 1 is 1.36 bits per heavy atom. The Bertz CT molecular complexity index is 154. The molecule has 0 N–H and O–H groups in total. The smallest absolute Gasteiger partial charge is 0.504 e. The molecule has 11 heavy (non-hydrogen) atoms. The molecule has 0 bridgehead atoms. The van der Waals surface area contributed by atoms with Crippen LogP contribution in [0.4, 0.5) is 12.9 Å². The average molecular weight is 188 g/mol. The van der Waals surface area contributed by atoms with E-state index in [1.54, 1.807) is 12.3 Å². The van der Waals surface area contributed by atoms with Crippen molar-refractivity contribution in [2.45, 2.75) is 0 Å². The van der Waals surface area contributed by atoms with E-state index in [9.17, 15) is 12.9 Å². The van der Waals surface area contributed by atoms with E-state index in [1.807, 2.05) is 6.07 Å². The first kappa shape index (κ1) is 14.2. The predicted octanol–water partition coefficient (Wildman–Crippen LogP) is -0.654. The number of rotatable bonds is 0. The molecule has 1 aromatic rings. The maximum atomic E-state index is 9.67. The van der Waals surface area contributed by atoms with Crippen molar-refractivity contribution in [1.82, 2.24) is 0 Å². The molecular weight excluding hydrogens is 183 g/mol. The zero-order valence-electron chi connectivity index (χ0n) is 6.06. The molecule has 1 rings (SSSR count). The molecule has 0 aliphatic heterocycles. The van der Waals surface area contributed by atoms with Gasteiger partial charge in [0.25, 0.3) is 0 Å². The summed E-state index contributed by atoms with van der Waals surface area (Å²) in [6.07, 6.45) is 1.60. The molecule has 1 heterocycles. The zero-order chi connectivity index (χ0) is 7.98. The van der Waals surface area contributed by atoms with E-state index in [2.05, 4.69) is 6.92 Å². The third-order valence-electron chi connectivity index (χ3n) is 0.580. The average Bonchev–Trinajstić information content (AvgIpc) is 2.15. The van der Waals surface area contributed by atoms with Crippen molar-refractivity contribution in [3.63, 3.8) is 0 Å². The molecule has 0 aliphatic carbocycles. The minimum Gasteiger partial charge on any atom is -0.504 e. The van der Waals surface area contributed by atoms with Gasteiger partial charge in [0.2, 0.25) is 0 Å². The molecule has 0 aliphatic rings. The van der Waals surface area contributed by atoms with E-state index >= 15 is 0 Å². The van der Waals surface area contributed by atoms with Crippen LogP contribution < -0.4 is 51.4 Å². The number of halogens is 3. The minimum atomic E-state index is -3.67. The molecule has 0 saturated heterocycles. The molecule has 0 spiro atoms. The Balaban J connectivity index is 0. The molecule has 0 atom stereocenters. The Labute approximate surface area is 106 Å². The Hall–Kier alpha value is 0.641. The zero-order valence-corrected chi connectivity index (χ0v) is 9.18. The van der Waals surface area contributed by atoms with Gasteiger partial charge in [-0.1, -0.05) is 0 Å². The van der Waals surface area contributed by atoms with Crippen LogP contribution in [0.15, 0.2) is 22.8 Å². The fourth-order valence-corrected chi connectivity index (χ4v) is 0.313. The van der Waals surface area contributed by atoms with E-state index in [-0.39, 0.29) is 51.4 Å². The number of hydrogen-bond acceptors (Lipinski definition) is 1. The van der Waals surface area contributed by atoms with Gasteiger partial charge in [-0.15, -0.1) is 6.07 Å². The molecule has 0 saturated carbocycles. The first-order chi connectivity index (χ1) is 4.63. The van der Waals surface area contributed by atoms with Gasteiger partial charge in [-0.2, -0.15) is 6.07 Å². The van der Waals surface area contributed by atoms with Crippen LogP contribution in [0.2, 0.25) is 0 Å². The van der Waals surface area contributed by atoms with Gasteiger partial charge in [0.05, 0.1) is 6.26 Å². The topological polar surface area (TPSA) is 13.1 Å². The van der Waals surface area contributed by atoms with Gasteiger partial charge in [0.1, 0.15) is 0 Å². The summed E-state index contributed by atoms with van der Waals surface area (Å²) in [6.45, 7) is 3.51. The first-order valence-electron chi connectivity index (χ1n) is 2.40. The quantitative estimate of drug-likeness (QED) is 0.389. The van der Waals surface area contributed by atoms with Crippen LogP contribution in [0.3, 0.4) is 0 Å². The number of hydrogen-bond donors (Lipinski definition) is 0. The van der Waals surface area contributed by atoms with E-state index < -0.39 is 7.54 Å². The van der Waals surface area contributed by atoms with Crippen LogP contribution in [-0.2, 0) is 0 Å². The maximum Gasteiger partial charge on any atom is 1.00 e. The normalized spacial score (nSPS) is 7.18. The van der Waals surface area contributed by atoms with Gasteiger partial charge >= 0.3 is 58.9 Å². The molecule has 1 nitrogen and oxygen atoms in total. The molecule has 6 heteroatoms. The second-order valence-corrected chi connectivity index (χ2v) is 1.33. The Morgan fingerprint density at radius 3 is 1.91 bits per heavy atom. The predicted molar refractivity (Wildman–Crippen MR) is 32.2 cm³/mol. The Morgan fingerprint density at radius 2 is 1.82 bits per heavy atom. The van der Waals surface area contributed by atoms with Gasteiger partial charge in [-0.05, 0) is 5.76 Å². The van der Waals surface area contributed by atoms with Gasteiger partial charge < -0.3 is 4.42 Å². The van der Waals surface area contributed by atoms with E-state index in [1.165, 1.54) is 0 Å². The Kier molecular flexibility index (Phi) is 11.3. The third-order valence-corrected chi connectivity index (χ3v) is 0.580. The second-order valence-electron chi connectivity index (χ2n) is 1.33. The monoisotopic (exact) mass is 188 g/mol. The summed E-state index contributed by atoms with van der Waals surface area (Å²) >= 11 is 0. The van der Waals surface area contributed by atoms with Crippen molar-refractivity contribution in [3.8, 4) is 0 Å². The van der Waals surface area contributed by atoms with Crippen molar-refractivity contribution in [3.05, 3.63) is 31.1 Å². The molecule has 0 amide bonds. The van der Waals surface area contributed by atoms with Crippen LogP contribution in [0, 0.1) is 6.92 Å². The van der Waals surface area contributed by atoms with Crippen LogP contribution in [0.5, 0.6) is 0 Å². The summed E-state index contributed by atoms with van der Waals surface area (Å²) in [6, 6.07) is 3.61. The molecule has 1 aromatic heterocycles. The first-order valence-corrected chi connectivity index (χ1v) is 2.40. The molecular formula is C5H5BF3KO. The minimum absolute atomic E-state index is 0. The van der Waals surface area contributed by atoms with Gasteiger partial charge in [-0.3, -0.25) is 12.9 Å². The van der Waals surface area contributed by atoms with Crippen molar-refractivity contribution < 1.29 is 68.7 Å². The summed E-state index contributed by atoms with van der Waals surface area (Å²) < 4.78 is 33.7. The molecule has 0 fully saturated rings. The summed E-state index contributed by atoms with van der Waals surface area (Å²) in [5.74, 6) is 0.718. The van der Waals surface area contributed by atoms with Crippen molar-refractivity contribution in [2.24, 2.45) is 0 Å². The van der Waals surface area contributed by atoms with E-state index in [0.717, 1.165) is 5.76 Å². The maximum absolute atomic E-state index is 9.67. The van der Waals surface area contributed by atoms with Crippen LogP contribution >= 0.6 is 0 Å². The summed E-state index contributed by atoms with van der Waals surface area (Å²) in [5, 5.41) is 0. The fraction of sp³-hybridized carbons (Fsp3) is 0. The van der Waals surface area contributed by atoms with E-state index in [4.69, 9.17) is 4.42 Å². The summed E-state index contributed by atoms with van der Waals surface area (Å²) in [4.78, 5) is 0. The van der Waals surface area contributed by atoms with Gasteiger partial charge in [-0.25, -0.2) is 6.92 Å². The van der Waals surface area contributed by atoms with E-state index in [0.29, 0.717) is 0 Å². The van der Waals surface area contributed by atoms with Gasteiger partial charge in [0.15, 0.2) is 0 Å². The van der Waals surface area contributed by atoms with Crippen LogP contribution in [0.1, 0.15) is 5.76 Å². The summed E-state index contributed by atoms with van der Waals surface area (Å²) in [5.41, 5.74) is 0. The standard InChI is InChI=1S/C5H5O.BF3.K/c1-5-3-2-4-6-5;2-1(3)4;/h2-4H,1H2;;/q-1;;+1. The van der Waals surface area contributed by atoms with Crippen LogP contribution in [-0.4, -0.2) is 7.54 Å². The van der Waals surface area contributed by atoms with Crippen molar-refractivity contribution in [1.29, 1.82) is 0 Å². The largest absolute Gasteiger partial charge is 1.00 e. The second kappa shape index (κ2) is 8.74. The van der Waals surface area contributed by atoms with Gasteiger partial charge in [0, 0.05) is 0 Å². The SMILES string of the molecule is FB(F)F.[CH2-]c1ccco1.[K+]. The third kappa shape index (κ3) is 13.6. The molecule has 0 aromatic carbocycles. The van der Waals surface area contributed by atoms with Crippen molar-refractivity contribution in [2.75, 3.05) is 0 Å². The molecule has 0 radical (unpaired) electrons. The summed E-state index contributed by atoms with van der Waals surface area (Å²) in [7, 11) is -3.67. The number of furan rings is 1. The molecule has 0 unspecified atom stereocenters. The van der Waals surface area contributed by atoms with Crippen LogP contribution in [0.25, 0.3) is 0 Å². The van der Waals surface area contributed by atoms with Crippen molar-refractivity contribution >= 4 is 7.54 Å².